The lowest BCUT2D eigenvalue weighted by atomic mass is 10.0. The fourth-order valence-electron chi connectivity index (χ4n) is 1.62. The number of nitrogens with zero attached hydrogens (tertiary/aromatic N) is 1. The van der Waals surface area contributed by atoms with Gasteiger partial charge in [0.15, 0.2) is 0 Å². The van der Waals surface area contributed by atoms with Crippen LogP contribution in [-0.4, -0.2) is 41.1 Å². The SMILES string of the molecule is CC(CCBr)CCN(CCCO)C(C)C. The van der Waals surface area contributed by atoms with Gasteiger partial charge in [-0.25, -0.2) is 0 Å². The van der Waals surface area contributed by atoms with Crippen LogP contribution < -0.4 is 0 Å². The van der Waals surface area contributed by atoms with E-state index >= 15 is 0 Å². The first-order chi connectivity index (χ1) is 7.11. The summed E-state index contributed by atoms with van der Waals surface area (Å²) in [6.07, 6.45) is 3.41. The quantitative estimate of drug-likeness (QED) is 0.656. The molecule has 0 radical (unpaired) electrons. The van der Waals surface area contributed by atoms with E-state index in [1.807, 2.05) is 0 Å². The maximum absolute atomic E-state index is 8.83. The molecule has 0 aromatic rings. The molecule has 0 amide bonds. The van der Waals surface area contributed by atoms with Crippen LogP contribution in [0.3, 0.4) is 0 Å². The molecule has 1 atom stereocenters. The summed E-state index contributed by atoms with van der Waals surface area (Å²) in [5.41, 5.74) is 0. The van der Waals surface area contributed by atoms with Crippen molar-refractivity contribution in [3.05, 3.63) is 0 Å². The van der Waals surface area contributed by atoms with Gasteiger partial charge in [-0.15, -0.1) is 0 Å². The Bertz CT molecular complexity index is 142. The van der Waals surface area contributed by atoms with Crippen molar-refractivity contribution in [2.24, 2.45) is 5.92 Å². The molecule has 2 nitrogen and oxygen atoms in total. The third kappa shape index (κ3) is 8.23. The molecule has 15 heavy (non-hydrogen) atoms. The number of hydrogen-bond donors (Lipinski definition) is 1. The molecule has 0 aromatic carbocycles. The van der Waals surface area contributed by atoms with Gasteiger partial charge in [-0.2, -0.15) is 0 Å². The van der Waals surface area contributed by atoms with Crippen molar-refractivity contribution in [1.82, 2.24) is 4.90 Å². The van der Waals surface area contributed by atoms with Gasteiger partial charge in [-0.05, 0) is 45.6 Å². The van der Waals surface area contributed by atoms with E-state index in [2.05, 4.69) is 41.6 Å². The molecule has 0 aromatic heterocycles. The Balaban J connectivity index is 3.74. The van der Waals surface area contributed by atoms with Gasteiger partial charge in [0, 0.05) is 24.5 Å². The molecular formula is C12H26BrNO. The smallest absolute Gasteiger partial charge is 0.0443 e. The molecule has 0 aliphatic heterocycles. The largest absolute Gasteiger partial charge is 0.396 e. The Hall–Kier alpha value is 0.400. The second-order valence-electron chi connectivity index (χ2n) is 4.58. The second kappa shape index (κ2) is 9.61. The van der Waals surface area contributed by atoms with Crippen molar-refractivity contribution in [3.8, 4) is 0 Å². The highest BCUT2D eigenvalue weighted by molar-refractivity contribution is 9.09. The molecule has 1 N–H and O–H groups in total. The first-order valence-corrected chi connectivity index (χ1v) is 7.14. The van der Waals surface area contributed by atoms with E-state index in [0.717, 1.165) is 30.8 Å². The molecule has 92 valence electrons. The summed E-state index contributed by atoms with van der Waals surface area (Å²) in [5.74, 6) is 0.791. The summed E-state index contributed by atoms with van der Waals surface area (Å²) in [4.78, 5) is 2.46. The van der Waals surface area contributed by atoms with Crippen LogP contribution >= 0.6 is 15.9 Å². The molecular weight excluding hydrogens is 254 g/mol. The Labute approximate surface area is 103 Å². The van der Waals surface area contributed by atoms with E-state index in [1.165, 1.54) is 12.8 Å². The topological polar surface area (TPSA) is 23.5 Å². The zero-order valence-electron chi connectivity index (χ0n) is 10.4. The molecule has 0 bridgehead atoms. The lowest BCUT2D eigenvalue weighted by molar-refractivity contribution is 0.182. The molecule has 3 heteroatoms. The number of aliphatic hydroxyl groups is 1. The third-order valence-electron chi connectivity index (χ3n) is 2.84. The van der Waals surface area contributed by atoms with Crippen LogP contribution in [0.15, 0.2) is 0 Å². The maximum atomic E-state index is 8.83. The van der Waals surface area contributed by atoms with Gasteiger partial charge in [0.2, 0.25) is 0 Å². The van der Waals surface area contributed by atoms with E-state index in [0.29, 0.717) is 12.6 Å². The van der Waals surface area contributed by atoms with E-state index in [9.17, 15) is 0 Å². The van der Waals surface area contributed by atoms with Gasteiger partial charge in [-0.3, -0.25) is 0 Å². The van der Waals surface area contributed by atoms with Crippen LogP contribution in [0.2, 0.25) is 0 Å². The monoisotopic (exact) mass is 279 g/mol. The van der Waals surface area contributed by atoms with Gasteiger partial charge in [-0.1, -0.05) is 22.9 Å². The number of rotatable bonds is 9. The standard InChI is InChI=1S/C12H26BrNO/c1-11(2)14(8-4-10-15)9-6-12(3)5-7-13/h11-12,15H,4-10H2,1-3H3. The molecule has 0 spiro atoms. The van der Waals surface area contributed by atoms with E-state index in [-0.39, 0.29) is 0 Å². The number of aliphatic hydroxyl groups excluding tert-OH is 1. The van der Waals surface area contributed by atoms with Gasteiger partial charge < -0.3 is 10.0 Å². The molecule has 0 saturated carbocycles. The predicted octanol–water partition coefficient (Wildman–Crippen LogP) is 2.89. The van der Waals surface area contributed by atoms with Crippen molar-refractivity contribution in [2.45, 2.75) is 46.1 Å². The number of alkyl halides is 1. The Morgan fingerprint density at radius 2 is 1.80 bits per heavy atom. The van der Waals surface area contributed by atoms with E-state index in [4.69, 9.17) is 5.11 Å². The lowest BCUT2D eigenvalue weighted by Crippen LogP contribution is -2.34. The van der Waals surface area contributed by atoms with Crippen molar-refractivity contribution < 1.29 is 5.11 Å². The normalized spacial score (nSPS) is 13.8. The van der Waals surface area contributed by atoms with Crippen LogP contribution in [0.1, 0.15) is 40.0 Å². The Kier molecular flexibility index (Phi) is 9.87. The summed E-state index contributed by atoms with van der Waals surface area (Å²) in [6, 6.07) is 0.590. The molecule has 1 unspecified atom stereocenters. The zero-order valence-corrected chi connectivity index (χ0v) is 12.0. The van der Waals surface area contributed by atoms with Crippen molar-refractivity contribution in [2.75, 3.05) is 25.0 Å². The maximum Gasteiger partial charge on any atom is 0.0443 e. The summed E-state index contributed by atoms with van der Waals surface area (Å²) in [7, 11) is 0. The first kappa shape index (κ1) is 15.4. The zero-order chi connectivity index (χ0) is 11.7. The second-order valence-corrected chi connectivity index (χ2v) is 5.37. The van der Waals surface area contributed by atoms with Crippen molar-refractivity contribution in [3.63, 3.8) is 0 Å². The number of hydrogen-bond acceptors (Lipinski definition) is 2. The Morgan fingerprint density at radius 1 is 1.13 bits per heavy atom. The highest BCUT2D eigenvalue weighted by Gasteiger charge is 2.10. The van der Waals surface area contributed by atoms with Gasteiger partial charge in [0.05, 0.1) is 0 Å². The molecule has 0 fully saturated rings. The fraction of sp³-hybridized carbons (Fsp3) is 1.00. The predicted molar refractivity (Wildman–Crippen MR) is 70.6 cm³/mol. The van der Waals surface area contributed by atoms with E-state index < -0.39 is 0 Å². The minimum Gasteiger partial charge on any atom is -0.396 e. The minimum atomic E-state index is 0.306. The van der Waals surface area contributed by atoms with Gasteiger partial charge in [0.1, 0.15) is 0 Å². The molecule has 0 saturated heterocycles. The highest BCUT2D eigenvalue weighted by atomic mass is 79.9. The fourth-order valence-corrected chi connectivity index (χ4v) is 2.40. The molecule has 0 rings (SSSR count). The summed E-state index contributed by atoms with van der Waals surface area (Å²) in [6.45, 7) is 9.26. The average molecular weight is 280 g/mol. The molecule has 0 aliphatic rings. The van der Waals surface area contributed by atoms with Crippen LogP contribution in [0.4, 0.5) is 0 Å². The summed E-state index contributed by atoms with van der Waals surface area (Å²) < 4.78 is 0. The van der Waals surface area contributed by atoms with Crippen LogP contribution in [0, 0.1) is 5.92 Å². The molecule has 0 aliphatic carbocycles. The van der Waals surface area contributed by atoms with Crippen molar-refractivity contribution >= 4 is 15.9 Å². The Morgan fingerprint density at radius 3 is 2.27 bits per heavy atom. The molecule has 0 heterocycles. The van der Waals surface area contributed by atoms with Crippen molar-refractivity contribution in [1.29, 1.82) is 0 Å². The van der Waals surface area contributed by atoms with Gasteiger partial charge in [0.25, 0.3) is 0 Å². The summed E-state index contributed by atoms with van der Waals surface area (Å²) >= 11 is 3.48. The highest BCUT2D eigenvalue weighted by Crippen LogP contribution is 2.11. The third-order valence-corrected chi connectivity index (χ3v) is 3.30. The summed E-state index contributed by atoms with van der Waals surface area (Å²) in [5, 5.41) is 9.93. The van der Waals surface area contributed by atoms with E-state index in [1.54, 1.807) is 0 Å². The van der Waals surface area contributed by atoms with Crippen LogP contribution in [0.25, 0.3) is 0 Å². The van der Waals surface area contributed by atoms with Gasteiger partial charge >= 0.3 is 0 Å². The first-order valence-electron chi connectivity index (χ1n) is 6.02. The van der Waals surface area contributed by atoms with Crippen LogP contribution in [0.5, 0.6) is 0 Å². The number of halogens is 1. The average Bonchev–Trinajstić information content (AvgIpc) is 2.17. The lowest BCUT2D eigenvalue weighted by Gasteiger charge is -2.27. The minimum absolute atomic E-state index is 0.306. The van der Waals surface area contributed by atoms with Crippen LogP contribution in [-0.2, 0) is 0 Å².